The average Bonchev–Trinajstić information content (AvgIpc) is 2.25. The van der Waals surface area contributed by atoms with Crippen LogP contribution in [0.3, 0.4) is 0 Å². The molecule has 0 aromatic carbocycles. The maximum Gasteiger partial charge on any atom is 0.0544 e. The van der Waals surface area contributed by atoms with Crippen molar-refractivity contribution in [3.05, 3.63) is 28.5 Å². The molecule has 1 aliphatic heterocycles. The third kappa shape index (κ3) is 3.70. The van der Waals surface area contributed by atoms with Crippen LogP contribution in [0.5, 0.6) is 0 Å². The Bertz CT molecular complexity index is 318. The molecule has 1 atom stereocenters. The Kier molecular flexibility index (Phi) is 5.69. The lowest BCUT2D eigenvalue weighted by atomic mass is 10.2. The zero-order valence-corrected chi connectivity index (χ0v) is 11.7. The van der Waals surface area contributed by atoms with E-state index in [-0.39, 0.29) is 12.4 Å². The smallest absolute Gasteiger partial charge is 0.0544 e. The van der Waals surface area contributed by atoms with E-state index in [0.29, 0.717) is 6.04 Å². The first-order valence-electron chi connectivity index (χ1n) is 5.31. The zero-order chi connectivity index (χ0) is 10.7. The molecule has 0 spiro atoms. The van der Waals surface area contributed by atoms with Crippen molar-refractivity contribution in [1.82, 2.24) is 15.2 Å². The molecule has 2 heterocycles. The fraction of sp³-hybridized carbons (Fsp3) is 0.545. The van der Waals surface area contributed by atoms with Crippen molar-refractivity contribution in [1.29, 1.82) is 0 Å². The molecule has 1 unspecified atom stereocenters. The van der Waals surface area contributed by atoms with Gasteiger partial charge in [0.2, 0.25) is 0 Å². The van der Waals surface area contributed by atoms with Gasteiger partial charge < -0.3 is 5.32 Å². The normalized spacial score (nSPS) is 21.5. The van der Waals surface area contributed by atoms with Crippen molar-refractivity contribution >= 4 is 28.3 Å². The highest BCUT2D eigenvalue weighted by molar-refractivity contribution is 9.10. The van der Waals surface area contributed by atoms with E-state index in [1.54, 1.807) is 0 Å². The molecule has 90 valence electrons. The summed E-state index contributed by atoms with van der Waals surface area (Å²) >= 11 is 3.40. The summed E-state index contributed by atoms with van der Waals surface area (Å²) in [5, 5.41) is 3.39. The second kappa shape index (κ2) is 6.55. The SMILES string of the molecule is CC1CNCCN1Cc1ccc(Br)cn1.Cl. The molecule has 5 heteroatoms. The van der Waals surface area contributed by atoms with Crippen molar-refractivity contribution in [2.24, 2.45) is 0 Å². The first kappa shape index (κ1) is 13.9. The van der Waals surface area contributed by atoms with Gasteiger partial charge in [0, 0.05) is 42.9 Å². The molecule has 1 fully saturated rings. The van der Waals surface area contributed by atoms with Gasteiger partial charge in [0.05, 0.1) is 5.69 Å². The Balaban J connectivity index is 0.00000128. The number of hydrogen-bond acceptors (Lipinski definition) is 3. The maximum atomic E-state index is 4.40. The number of aromatic nitrogens is 1. The van der Waals surface area contributed by atoms with Crippen molar-refractivity contribution in [3.8, 4) is 0 Å². The largest absolute Gasteiger partial charge is 0.314 e. The Hall–Kier alpha value is -0.160. The molecule has 16 heavy (non-hydrogen) atoms. The first-order valence-corrected chi connectivity index (χ1v) is 6.10. The summed E-state index contributed by atoms with van der Waals surface area (Å²) in [5.41, 5.74) is 1.15. The number of nitrogens with one attached hydrogen (secondary N) is 1. The molecule has 0 saturated carbocycles. The predicted molar refractivity (Wildman–Crippen MR) is 71.9 cm³/mol. The Morgan fingerprint density at radius 1 is 1.56 bits per heavy atom. The summed E-state index contributed by atoms with van der Waals surface area (Å²) in [6.45, 7) is 6.48. The Morgan fingerprint density at radius 3 is 3.00 bits per heavy atom. The lowest BCUT2D eigenvalue weighted by molar-refractivity contribution is 0.164. The molecule has 1 saturated heterocycles. The van der Waals surface area contributed by atoms with Gasteiger partial charge in [0.1, 0.15) is 0 Å². The van der Waals surface area contributed by atoms with Crippen LogP contribution in [-0.2, 0) is 6.54 Å². The zero-order valence-electron chi connectivity index (χ0n) is 9.32. The van der Waals surface area contributed by atoms with E-state index in [2.05, 4.69) is 50.2 Å². The standard InChI is InChI=1S/C11H16BrN3.ClH/c1-9-6-13-4-5-15(9)8-11-3-2-10(12)7-14-11;/h2-3,7,9,13H,4-6,8H2,1H3;1H. The van der Waals surface area contributed by atoms with E-state index in [9.17, 15) is 0 Å². The summed E-state index contributed by atoms with van der Waals surface area (Å²) in [7, 11) is 0. The number of rotatable bonds is 2. The molecule has 2 rings (SSSR count). The second-order valence-corrected chi connectivity index (χ2v) is 4.91. The van der Waals surface area contributed by atoms with Gasteiger partial charge in [-0.05, 0) is 35.0 Å². The van der Waals surface area contributed by atoms with Gasteiger partial charge in [-0.1, -0.05) is 0 Å². The van der Waals surface area contributed by atoms with Gasteiger partial charge in [-0.15, -0.1) is 12.4 Å². The maximum absolute atomic E-state index is 4.40. The van der Waals surface area contributed by atoms with Gasteiger partial charge in [-0.3, -0.25) is 9.88 Å². The van der Waals surface area contributed by atoms with Crippen molar-refractivity contribution in [2.75, 3.05) is 19.6 Å². The van der Waals surface area contributed by atoms with E-state index in [1.165, 1.54) is 0 Å². The van der Waals surface area contributed by atoms with Crippen LogP contribution in [0, 0.1) is 0 Å². The summed E-state index contributed by atoms with van der Waals surface area (Å²) in [6, 6.07) is 4.73. The molecular weight excluding hydrogens is 289 g/mol. The van der Waals surface area contributed by atoms with Crippen LogP contribution >= 0.6 is 28.3 Å². The van der Waals surface area contributed by atoms with E-state index in [0.717, 1.165) is 36.3 Å². The van der Waals surface area contributed by atoms with E-state index in [4.69, 9.17) is 0 Å². The number of piperazine rings is 1. The minimum atomic E-state index is 0. The van der Waals surface area contributed by atoms with Crippen LogP contribution in [0.15, 0.2) is 22.8 Å². The van der Waals surface area contributed by atoms with Gasteiger partial charge in [0.25, 0.3) is 0 Å². The molecule has 1 aliphatic rings. The predicted octanol–water partition coefficient (Wildman–Crippen LogP) is 2.06. The Labute approximate surface area is 111 Å². The highest BCUT2D eigenvalue weighted by atomic mass is 79.9. The molecule has 0 bridgehead atoms. The van der Waals surface area contributed by atoms with Crippen LogP contribution in [-0.4, -0.2) is 35.6 Å². The minimum Gasteiger partial charge on any atom is -0.314 e. The van der Waals surface area contributed by atoms with Crippen LogP contribution < -0.4 is 5.32 Å². The third-order valence-corrected chi connectivity index (χ3v) is 3.26. The van der Waals surface area contributed by atoms with Crippen molar-refractivity contribution in [3.63, 3.8) is 0 Å². The van der Waals surface area contributed by atoms with Gasteiger partial charge in [-0.2, -0.15) is 0 Å². The topological polar surface area (TPSA) is 28.2 Å². The quantitative estimate of drug-likeness (QED) is 0.906. The van der Waals surface area contributed by atoms with Gasteiger partial charge in [-0.25, -0.2) is 0 Å². The number of pyridine rings is 1. The van der Waals surface area contributed by atoms with E-state index in [1.807, 2.05) is 6.20 Å². The first-order chi connectivity index (χ1) is 7.25. The molecule has 0 radical (unpaired) electrons. The molecule has 1 aromatic rings. The molecule has 3 nitrogen and oxygen atoms in total. The van der Waals surface area contributed by atoms with Crippen LogP contribution in [0.25, 0.3) is 0 Å². The second-order valence-electron chi connectivity index (χ2n) is 3.99. The van der Waals surface area contributed by atoms with Gasteiger partial charge in [0.15, 0.2) is 0 Å². The third-order valence-electron chi connectivity index (χ3n) is 2.79. The van der Waals surface area contributed by atoms with E-state index < -0.39 is 0 Å². The molecule has 1 aromatic heterocycles. The number of nitrogens with zero attached hydrogens (tertiary/aromatic N) is 2. The lowest BCUT2D eigenvalue weighted by Crippen LogP contribution is -2.49. The highest BCUT2D eigenvalue weighted by Gasteiger charge is 2.17. The fourth-order valence-corrected chi connectivity index (χ4v) is 2.06. The van der Waals surface area contributed by atoms with Crippen LogP contribution in [0.1, 0.15) is 12.6 Å². The van der Waals surface area contributed by atoms with Crippen molar-refractivity contribution in [2.45, 2.75) is 19.5 Å². The summed E-state index contributed by atoms with van der Waals surface area (Å²) < 4.78 is 1.04. The molecule has 0 amide bonds. The number of halogens is 2. The Morgan fingerprint density at radius 2 is 2.38 bits per heavy atom. The summed E-state index contributed by atoms with van der Waals surface area (Å²) in [6.07, 6.45) is 1.86. The van der Waals surface area contributed by atoms with Crippen LogP contribution in [0.4, 0.5) is 0 Å². The lowest BCUT2D eigenvalue weighted by Gasteiger charge is -2.33. The average molecular weight is 307 g/mol. The molecule has 1 N–H and O–H groups in total. The van der Waals surface area contributed by atoms with Crippen LogP contribution in [0.2, 0.25) is 0 Å². The number of hydrogen-bond donors (Lipinski definition) is 1. The molecule has 0 aliphatic carbocycles. The molecular formula is C11H17BrClN3. The van der Waals surface area contributed by atoms with Crippen molar-refractivity contribution < 1.29 is 0 Å². The minimum absolute atomic E-state index is 0. The summed E-state index contributed by atoms with van der Waals surface area (Å²) in [5.74, 6) is 0. The van der Waals surface area contributed by atoms with Gasteiger partial charge >= 0.3 is 0 Å². The van der Waals surface area contributed by atoms with E-state index >= 15 is 0 Å². The summed E-state index contributed by atoms with van der Waals surface area (Å²) in [4.78, 5) is 6.86. The highest BCUT2D eigenvalue weighted by Crippen LogP contribution is 2.11. The fourth-order valence-electron chi connectivity index (χ4n) is 1.83. The monoisotopic (exact) mass is 305 g/mol.